The molecule has 0 amide bonds. The van der Waals surface area contributed by atoms with E-state index in [1.807, 2.05) is 42.5 Å². The summed E-state index contributed by atoms with van der Waals surface area (Å²) in [5.41, 5.74) is 5.63. The van der Waals surface area contributed by atoms with Gasteiger partial charge in [0.25, 0.3) is 0 Å². The lowest BCUT2D eigenvalue weighted by atomic mass is 10.0. The number of pyridine rings is 3. The van der Waals surface area contributed by atoms with Gasteiger partial charge in [-0.2, -0.15) is 0 Å². The fourth-order valence-electron chi connectivity index (χ4n) is 2.76. The van der Waals surface area contributed by atoms with E-state index >= 15 is 0 Å². The van der Waals surface area contributed by atoms with Gasteiger partial charge in [-0.3, -0.25) is 9.97 Å². The van der Waals surface area contributed by atoms with E-state index in [4.69, 9.17) is 4.98 Å². The zero-order valence-electron chi connectivity index (χ0n) is 13.6. The van der Waals surface area contributed by atoms with Crippen LogP contribution in [0.1, 0.15) is 0 Å². The molecule has 0 aliphatic carbocycles. The highest BCUT2D eigenvalue weighted by Crippen LogP contribution is 2.33. The van der Waals surface area contributed by atoms with Crippen molar-refractivity contribution in [3.8, 4) is 33.9 Å². The average Bonchev–Trinajstić information content (AvgIpc) is 2.68. The van der Waals surface area contributed by atoms with Crippen molar-refractivity contribution in [2.45, 2.75) is 0 Å². The van der Waals surface area contributed by atoms with E-state index in [0.29, 0.717) is 0 Å². The lowest BCUT2D eigenvalue weighted by molar-refractivity contribution is 1.22. The molecule has 0 aliphatic rings. The van der Waals surface area contributed by atoms with Crippen molar-refractivity contribution in [1.29, 1.82) is 0 Å². The lowest BCUT2D eigenvalue weighted by Crippen LogP contribution is -1.96. The van der Waals surface area contributed by atoms with Gasteiger partial charge in [0, 0.05) is 25.1 Å². The highest BCUT2D eigenvalue weighted by Gasteiger charge is 2.13. The average molecular weight is 561 g/mol. The molecule has 0 bridgehead atoms. The molecule has 4 aromatic rings. The van der Waals surface area contributed by atoms with E-state index in [1.54, 1.807) is 12.4 Å². The van der Waals surface area contributed by atoms with Gasteiger partial charge in [-0.15, -0.1) is 0 Å². The Labute approximate surface area is 179 Å². The molecule has 1 aromatic carbocycles. The molecule has 126 valence electrons. The molecule has 0 spiro atoms. The fourth-order valence-corrected chi connectivity index (χ4v) is 4.69. The largest absolute Gasteiger partial charge is 0.255 e. The topological polar surface area (TPSA) is 38.7 Å². The van der Waals surface area contributed by atoms with Crippen molar-refractivity contribution >= 4 is 45.2 Å². The Morgan fingerprint density at radius 2 is 1.27 bits per heavy atom. The molecule has 4 rings (SSSR count). The van der Waals surface area contributed by atoms with Gasteiger partial charge in [-0.05, 0) is 105 Å². The van der Waals surface area contributed by atoms with Gasteiger partial charge in [0.05, 0.1) is 22.8 Å². The summed E-state index contributed by atoms with van der Waals surface area (Å²) in [6, 6.07) is 22.4. The second kappa shape index (κ2) is 7.79. The van der Waals surface area contributed by atoms with Gasteiger partial charge in [-0.25, -0.2) is 4.98 Å². The standard InChI is InChI=1S/C21H13I2N3/c22-15-11-14(12-16(23)13-15)17-7-8-19(18-5-1-3-9-24-18)26-21(17)20-6-2-4-10-25-20/h1-13H. The fraction of sp³-hybridized carbons (Fsp3) is 0. The molecule has 0 aliphatic heterocycles. The van der Waals surface area contributed by atoms with Crippen LogP contribution < -0.4 is 0 Å². The van der Waals surface area contributed by atoms with E-state index in [9.17, 15) is 0 Å². The third-order valence-electron chi connectivity index (χ3n) is 3.90. The Bertz CT molecular complexity index is 1030. The van der Waals surface area contributed by atoms with Crippen LogP contribution in [0.15, 0.2) is 79.1 Å². The maximum absolute atomic E-state index is 4.92. The Morgan fingerprint density at radius 1 is 0.615 bits per heavy atom. The molecule has 3 aromatic heterocycles. The predicted molar refractivity (Wildman–Crippen MR) is 122 cm³/mol. The number of hydrogen-bond acceptors (Lipinski definition) is 3. The van der Waals surface area contributed by atoms with Crippen molar-refractivity contribution in [2.24, 2.45) is 0 Å². The molecule has 0 N–H and O–H groups in total. The second-order valence-electron chi connectivity index (χ2n) is 5.68. The first-order chi connectivity index (χ1) is 12.7. The summed E-state index contributed by atoms with van der Waals surface area (Å²) in [6.07, 6.45) is 3.58. The van der Waals surface area contributed by atoms with Crippen LogP contribution >= 0.6 is 45.2 Å². The molecule has 3 heterocycles. The Balaban J connectivity index is 1.94. The summed E-state index contributed by atoms with van der Waals surface area (Å²) in [5, 5.41) is 0. The molecule has 0 fully saturated rings. The van der Waals surface area contributed by atoms with Gasteiger partial charge in [0.15, 0.2) is 0 Å². The first kappa shape index (κ1) is 17.5. The second-order valence-corrected chi connectivity index (χ2v) is 8.17. The van der Waals surface area contributed by atoms with Crippen LogP contribution in [0.2, 0.25) is 0 Å². The summed E-state index contributed by atoms with van der Waals surface area (Å²) in [6.45, 7) is 0. The highest BCUT2D eigenvalue weighted by atomic mass is 127. The monoisotopic (exact) mass is 561 g/mol. The van der Waals surface area contributed by atoms with Crippen molar-refractivity contribution < 1.29 is 0 Å². The minimum absolute atomic E-state index is 0.843. The number of rotatable bonds is 3. The Kier molecular flexibility index (Phi) is 5.26. The summed E-state index contributed by atoms with van der Waals surface area (Å²) < 4.78 is 2.40. The minimum atomic E-state index is 0.843. The number of hydrogen-bond donors (Lipinski definition) is 0. The Morgan fingerprint density at radius 3 is 1.88 bits per heavy atom. The van der Waals surface area contributed by atoms with E-state index < -0.39 is 0 Å². The smallest absolute Gasteiger partial charge is 0.0972 e. The summed E-state index contributed by atoms with van der Waals surface area (Å²) >= 11 is 4.70. The van der Waals surface area contributed by atoms with E-state index in [-0.39, 0.29) is 0 Å². The first-order valence-corrected chi connectivity index (χ1v) is 10.2. The molecule has 0 unspecified atom stereocenters. The molecule has 26 heavy (non-hydrogen) atoms. The molecule has 0 atom stereocenters. The normalized spacial score (nSPS) is 10.7. The van der Waals surface area contributed by atoms with Crippen molar-refractivity contribution in [2.75, 3.05) is 0 Å². The van der Waals surface area contributed by atoms with Crippen LogP contribution in [0.25, 0.3) is 33.9 Å². The van der Waals surface area contributed by atoms with Crippen LogP contribution in [-0.4, -0.2) is 15.0 Å². The van der Waals surface area contributed by atoms with E-state index in [0.717, 1.165) is 33.9 Å². The Hall–Kier alpha value is -1.87. The first-order valence-electron chi connectivity index (χ1n) is 8.01. The molecular weight excluding hydrogens is 548 g/mol. The number of nitrogens with zero attached hydrogens (tertiary/aromatic N) is 3. The summed E-state index contributed by atoms with van der Waals surface area (Å²) in [4.78, 5) is 13.9. The molecule has 0 saturated heterocycles. The zero-order chi connectivity index (χ0) is 17.9. The highest BCUT2D eigenvalue weighted by molar-refractivity contribution is 14.1. The van der Waals surface area contributed by atoms with Crippen molar-refractivity contribution in [3.63, 3.8) is 0 Å². The lowest BCUT2D eigenvalue weighted by Gasteiger charge is -2.12. The van der Waals surface area contributed by atoms with E-state index in [1.165, 1.54) is 7.14 Å². The predicted octanol–water partition coefficient (Wildman–Crippen LogP) is 6.08. The summed E-state index contributed by atoms with van der Waals surface area (Å²) in [5.74, 6) is 0. The van der Waals surface area contributed by atoms with Gasteiger partial charge >= 0.3 is 0 Å². The quantitative estimate of drug-likeness (QED) is 0.285. The minimum Gasteiger partial charge on any atom is -0.255 e. The maximum Gasteiger partial charge on any atom is 0.0972 e. The van der Waals surface area contributed by atoms with Crippen LogP contribution in [-0.2, 0) is 0 Å². The number of halogens is 2. The third kappa shape index (κ3) is 3.78. The zero-order valence-corrected chi connectivity index (χ0v) is 17.9. The molecule has 5 heteroatoms. The van der Waals surface area contributed by atoms with Crippen LogP contribution in [0.5, 0.6) is 0 Å². The van der Waals surface area contributed by atoms with Gasteiger partial charge in [0.2, 0.25) is 0 Å². The van der Waals surface area contributed by atoms with Gasteiger partial charge < -0.3 is 0 Å². The summed E-state index contributed by atoms with van der Waals surface area (Å²) in [7, 11) is 0. The van der Waals surface area contributed by atoms with Crippen molar-refractivity contribution in [1.82, 2.24) is 15.0 Å². The van der Waals surface area contributed by atoms with Crippen LogP contribution in [0.3, 0.4) is 0 Å². The SMILES string of the molecule is Ic1cc(I)cc(-c2ccc(-c3ccccn3)nc2-c2ccccn2)c1. The van der Waals surface area contributed by atoms with Gasteiger partial charge in [0.1, 0.15) is 0 Å². The molecule has 0 saturated carbocycles. The maximum atomic E-state index is 4.92. The van der Waals surface area contributed by atoms with E-state index in [2.05, 4.69) is 79.4 Å². The third-order valence-corrected chi connectivity index (χ3v) is 5.15. The van der Waals surface area contributed by atoms with Gasteiger partial charge in [-0.1, -0.05) is 12.1 Å². The number of benzene rings is 1. The molecule has 3 nitrogen and oxygen atoms in total. The molecular formula is C21H13I2N3. The van der Waals surface area contributed by atoms with Crippen LogP contribution in [0.4, 0.5) is 0 Å². The molecule has 0 radical (unpaired) electrons. The van der Waals surface area contributed by atoms with Crippen LogP contribution in [0, 0.1) is 7.14 Å². The number of aromatic nitrogens is 3. The van der Waals surface area contributed by atoms with Crippen molar-refractivity contribution in [3.05, 3.63) is 86.3 Å².